The predicted octanol–water partition coefficient (Wildman–Crippen LogP) is 4.21. The molecule has 172 valence electrons. The summed E-state index contributed by atoms with van der Waals surface area (Å²) in [5.74, 6) is 0.675. The third kappa shape index (κ3) is 8.47. The highest BCUT2D eigenvalue weighted by molar-refractivity contribution is 9.10. The fraction of sp³-hybridized carbons (Fsp3) is 0.348. The molecule has 2 rings (SSSR count). The number of amides is 2. The van der Waals surface area contributed by atoms with Crippen LogP contribution in [0.4, 0.5) is 0 Å². The summed E-state index contributed by atoms with van der Waals surface area (Å²) in [5, 5.41) is 2.48. The van der Waals surface area contributed by atoms with Crippen LogP contribution in [0.2, 0.25) is 0 Å². The number of aryl methyl sites for hydroxylation is 2. The Morgan fingerprint density at radius 2 is 1.75 bits per heavy atom. The molecule has 0 saturated heterocycles. The van der Waals surface area contributed by atoms with Gasteiger partial charge in [0.15, 0.2) is 11.7 Å². The Bertz CT molecular complexity index is 982. The third-order valence-corrected chi connectivity index (χ3v) is 5.07. The lowest BCUT2D eigenvalue weighted by Crippen LogP contribution is -2.49. The number of halogens is 1. The summed E-state index contributed by atoms with van der Waals surface area (Å²) in [6.45, 7) is 8.39. The zero-order valence-corrected chi connectivity index (χ0v) is 21.0. The maximum Gasteiger partial charge on any atom is 0.276 e. The van der Waals surface area contributed by atoms with Crippen LogP contribution < -0.4 is 25.6 Å². The van der Waals surface area contributed by atoms with Gasteiger partial charge in [-0.15, -0.1) is 0 Å². The molecule has 0 spiro atoms. The number of hydrogen-bond acceptors (Lipinski definition) is 5. The third-order valence-electron chi connectivity index (χ3n) is 4.37. The molecule has 3 N–H and O–H groups in total. The number of thiocarbonyl (C=S) groups is 1. The molecule has 7 nitrogen and oxygen atoms in total. The van der Waals surface area contributed by atoms with E-state index in [1.165, 1.54) is 0 Å². The zero-order chi connectivity index (χ0) is 23.7. The topological polar surface area (TPSA) is 88.7 Å². The van der Waals surface area contributed by atoms with Crippen molar-refractivity contribution in [2.45, 2.75) is 34.1 Å². The molecule has 9 heteroatoms. The van der Waals surface area contributed by atoms with E-state index in [0.29, 0.717) is 29.6 Å². The first-order valence-corrected chi connectivity index (χ1v) is 11.4. The van der Waals surface area contributed by atoms with E-state index in [4.69, 9.17) is 21.7 Å². The minimum Gasteiger partial charge on any atom is -0.493 e. The molecule has 0 aliphatic heterocycles. The Balaban J connectivity index is 1.85. The van der Waals surface area contributed by atoms with Gasteiger partial charge < -0.3 is 9.47 Å². The fourth-order valence-electron chi connectivity index (χ4n) is 2.68. The number of hydrazine groups is 1. The Morgan fingerprint density at radius 3 is 2.44 bits per heavy atom. The fourth-order valence-corrected chi connectivity index (χ4v) is 3.18. The van der Waals surface area contributed by atoms with Crippen molar-refractivity contribution in [2.24, 2.45) is 5.92 Å². The van der Waals surface area contributed by atoms with Crippen LogP contribution in [0.25, 0.3) is 0 Å². The number of carbonyl (C=O) groups is 2. The van der Waals surface area contributed by atoms with Crippen LogP contribution in [0.3, 0.4) is 0 Å². The lowest BCUT2D eigenvalue weighted by Gasteiger charge is -2.15. The molecule has 0 atom stereocenters. The van der Waals surface area contributed by atoms with Gasteiger partial charge >= 0.3 is 0 Å². The van der Waals surface area contributed by atoms with Gasteiger partial charge in [0.2, 0.25) is 0 Å². The van der Waals surface area contributed by atoms with E-state index in [0.717, 1.165) is 22.0 Å². The highest BCUT2D eigenvalue weighted by Gasteiger charge is 2.15. The van der Waals surface area contributed by atoms with Crippen molar-refractivity contribution in [2.75, 3.05) is 13.2 Å². The summed E-state index contributed by atoms with van der Waals surface area (Å²) in [6, 6.07) is 10.9. The molecule has 0 bridgehead atoms. The van der Waals surface area contributed by atoms with Crippen LogP contribution in [-0.2, 0) is 4.79 Å². The van der Waals surface area contributed by atoms with Crippen LogP contribution in [0.1, 0.15) is 41.8 Å². The molecule has 0 aromatic heterocycles. The average molecular weight is 522 g/mol. The summed E-state index contributed by atoms with van der Waals surface area (Å²) < 4.78 is 12.0. The number of benzene rings is 2. The second-order valence-electron chi connectivity index (χ2n) is 7.69. The molecular formula is C23H28BrN3O4S. The van der Waals surface area contributed by atoms with Gasteiger partial charge in [0.1, 0.15) is 11.5 Å². The van der Waals surface area contributed by atoms with Crippen molar-refractivity contribution in [3.8, 4) is 11.5 Å². The second kappa shape index (κ2) is 12.4. The maximum atomic E-state index is 12.7. The molecular weight excluding hydrogens is 494 g/mol. The van der Waals surface area contributed by atoms with Crippen LogP contribution in [0.5, 0.6) is 11.5 Å². The van der Waals surface area contributed by atoms with Crippen molar-refractivity contribution >= 4 is 45.1 Å². The summed E-state index contributed by atoms with van der Waals surface area (Å²) in [7, 11) is 0. The molecule has 2 aromatic rings. The monoisotopic (exact) mass is 521 g/mol. The molecule has 0 unspecified atom stereocenters. The van der Waals surface area contributed by atoms with Crippen molar-refractivity contribution in [3.63, 3.8) is 0 Å². The normalized spacial score (nSPS) is 10.4. The molecule has 0 radical (unpaired) electrons. The summed E-state index contributed by atoms with van der Waals surface area (Å²) in [5.41, 5.74) is 7.29. The van der Waals surface area contributed by atoms with Crippen molar-refractivity contribution < 1.29 is 19.1 Å². The molecule has 2 aromatic carbocycles. The molecule has 2 amide bonds. The van der Waals surface area contributed by atoms with Crippen LogP contribution >= 0.6 is 28.1 Å². The van der Waals surface area contributed by atoms with Crippen molar-refractivity contribution in [3.05, 3.63) is 57.6 Å². The van der Waals surface area contributed by atoms with Gasteiger partial charge in [0.25, 0.3) is 11.8 Å². The molecule has 0 aliphatic rings. The van der Waals surface area contributed by atoms with Crippen LogP contribution in [-0.4, -0.2) is 30.1 Å². The molecule has 0 fully saturated rings. The van der Waals surface area contributed by atoms with Gasteiger partial charge in [-0.2, -0.15) is 0 Å². The number of nitrogens with one attached hydrogen (secondary N) is 3. The number of hydrogen-bond donors (Lipinski definition) is 3. The predicted molar refractivity (Wildman–Crippen MR) is 132 cm³/mol. The average Bonchev–Trinajstić information content (AvgIpc) is 2.72. The summed E-state index contributed by atoms with van der Waals surface area (Å²) >= 11 is 8.47. The first kappa shape index (κ1) is 25.6. The van der Waals surface area contributed by atoms with Gasteiger partial charge in [0, 0.05) is 4.47 Å². The highest BCUT2D eigenvalue weighted by Crippen LogP contribution is 2.24. The van der Waals surface area contributed by atoms with Crippen molar-refractivity contribution in [1.82, 2.24) is 16.2 Å². The Kier molecular flexibility index (Phi) is 9.93. The minimum atomic E-state index is -0.455. The zero-order valence-electron chi connectivity index (χ0n) is 18.6. The van der Waals surface area contributed by atoms with E-state index < -0.39 is 11.8 Å². The molecule has 0 saturated carbocycles. The SMILES string of the molecule is Cc1ccc(OCC(=O)NNC(=S)NC(=O)c2cc(Br)ccc2OCCC(C)C)c(C)c1. The smallest absolute Gasteiger partial charge is 0.276 e. The standard InChI is InChI=1S/C23H28BrN3O4S/c1-14(2)9-10-30-20-8-6-17(24)12-18(20)22(29)25-23(32)27-26-21(28)13-31-19-7-5-15(3)11-16(19)4/h5-8,11-12,14H,9-10,13H2,1-4H3,(H,26,28)(H2,25,27,29,32). The molecule has 0 aliphatic carbocycles. The first-order valence-electron chi connectivity index (χ1n) is 10.2. The van der Waals surface area contributed by atoms with E-state index in [1.807, 2.05) is 32.0 Å². The van der Waals surface area contributed by atoms with E-state index in [1.54, 1.807) is 18.2 Å². The largest absolute Gasteiger partial charge is 0.493 e. The van der Waals surface area contributed by atoms with Crippen LogP contribution in [0.15, 0.2) is 40.9 Å². The summed E-state index contributed by atoms with van der Waals surface area (Å²) in [6.07, 6.45) is 0.868. The number of rotatable bonds is 8. The Hall–Kier alpha value is -2.65. The quantitative estimate of drug-likeness (QED) is 0.356. The van der Waals surface area contributed by atoms with E-state index in [-0.39, 0.29) is 11.7 Å². The number of carbonyl (C=O) groups excluding carboxylic acids is 2. The van der Waals surface area contributed by atoms with Gasteiger partial charge in [-0.1, -0.05) is 47.5 Å². The van der Waals surface area contributed by atoms with E-state index >= 15 is 0 Å². The van der Waals surface area contributed by atoms with E-state index in [2.05, 4.69) is 45.9 Å². The lowest BCUT2D eigenvalue weighted by molar-refractivity contribution is -0.123. The maximum absolute atomic E-state index is 12.7. The molecule has 32 heavy (non-hydrogen) atoms. The van der Waals surface area contributed by atoms with Crippen molar-refractivity contribution in [1.29, 1.82) is 0 Å². The summed E-state index contributed by atoms with van der Waals surface area (Å²) in [4.78, 5) is 24.7. The lowest BCUT2D eigenvalue weighted by atomic mass is 10.1. The van der Waals surface area contributed by atoms with Gasteiger partial charge in [-0.05, 0) is 68.2 Å². The minimum absolute atomic E-state index is 0.0528. The van der Waals surface area contributed by atoms with Gasteiger partial charge in [-0.3, -0.25) is 25.8 Å². The van der Waals surface area contributed by atoms with E-state index in [9.17, 15) is 9.59 Å². The van der Waals surface area contributed by atoms with Gasteiger partial charge in [0.05, 0.1) is 12.2 Å². The first-order chi connectivity index (χ1) is 15.2. The van der Waals surface area contributed by atoms with Gasteiger partial charge in [-0.25, -0.2) is 0 Å². The molecule has 0 heterocycles. The Labute approximate surface area is 202 Å². The van der Waals surface area contributed by atoms with Crippen LogP contribution in [0, 0.1) is 19.8 Å². The number of ether oxygens (including phenoxy) is 2. The second-order valence-corrected chi connectivity index (χ2v) is 9.01. The highest BCUT2D eigenvalue weighted by atomic mass is 79.9. The Morgan fingerprint density at radius 1 is 1.03 bits per heavy atom.